The Bertz CT molecular complexity index is 226. The van der Waals surface area contributed by atoms with Crippen LogP contribution in [0.2, 0.25) is 0 Å². The number of aliphatic hydroxyl groups is 1. The Morgan fingerprint density at radius 2 is 2.06 bits per heavy atom. The first-order valence-electron chi connectivity index (χ1n) is 6.49. The van der Waals surface area contributed by atoms with E-state index in [1.807, 2.05) is 11.8 Å². The molecular formula is C13H25NO2. The number of hydrogen-bond donors (Lipinski definition) is 1. The van der Waals surface area contributed by atoms with Crippen LogP contribution in [0.3, 0.4) is 0 Å². The molecule has 0 saturated carbocycles. The number of piperidine rings is 1. The lowest BCUT2D eigenvalue weighted by Crippen LogP contribution is -2.47. The van der Waals surface area contributed by atoms with Gasteiger partial charge in [-0.15, -0.1) is 0 Å². The number of amides is 1. The molecule has 0 bridgehead atoms. The topological polar surface area (TPSA) is 40.5 Å². The zero-order chi connectivity index (χ0) is 12.1. The number of hydrogen-bond acceptors (Lipinski definition) is 2. The van der Waals surface area contributed by atoms with E-state index in [0.717, 1.165) is 25.8 Å². The molecule has 3 heteroatoms. The Labute approximate surface area is 98.8 Å². The Morgan fingerprint density at radius 1 is 1.38 bits per heavy atom. The van der Waals surface area contributed by atoms with Crippen molar-refractivity contribution in [3.63, 3.8) is 0 Å². The highest BCUT2D eigenvalue weighted by atomic mass is 16.3. The van der Waals surface area contributed by atoms with Crippen LogP contribution in [0.15, 0.2) is 0 Å². The Kier molecular flexibility index (Phi) is 5.26. The summed E-state index contributed by atoms with van der Waals surface area (Å²) in [4.78, 5) is 14.3. The minimum atomic E-state index is 0.0966. The third-order valence-corrected chi connectivity index (χ3v) is 3.76. The Balaban J connectivity index is 2.63. The number of carbonyl (C=O) groups is 1. The lowest BCUT2D eigenvalue weighted by Gasteiger charge is -2.37. The fourth-order valence-electron chi connectivity index (χ4n) is 2.29. The van der Waals surface area contributed by atoms with Crippen molar-refractivity contribution in [2.24, 2.45) is 11.8 Å². The maximum Gasteiger partial charge on any atom is 0.225 e. The van der Waals surface area contributed by atoms with Crippen molar-refractivity contribution in [2.75, 3.05) is 13.2 Å². The van der Waals surface area contributed by atoms with Gasteiger partial charge in [0.15, 0.2) is 0 Å². The normalized spacial score (nSPS) is 23.6. The van der Waals surface area contributed by atoms with Crippen molar-refractivity contribution in [3.05, 3.63) is 0 Å². The number of nitrogens with zero attached hydrogens (tertiary/aromatic N) is 1. The van der Waals surface area contributed by atoms with E-state index in [1.54, 1.807) is 0 Å². The van der Waals surface area contributed by atoms with Crippen molar-refractivity contribution < 1.29 is 9.90 Å². The van der Waals surface area contributed by atoms with Crippen LogP contribution in [0.5, 0.6) is 0 Å². The fraction of sp³-hybridized carbons (Fsp3) is 0.923. The van der Waals surface area contributed by atoms with Crippen molar-refractivity contribution in [1.29, 1.82) is 0 Å². The molecule has 0 aromatic heterocycles. The van der Waals surface area contributed by atoms with Gasteiger partial charge < -0.3 is 10.0 Å². The average molecular weight is 227 g/mol. The molecule has 1 aliphatic rings. The number of likely N-dealkylation sites (tertiary alicyclic amines) is 1. The average Bonchev–Trinajstić information content (AvgIpc) is 2.28. The van der Waals surface area contributed by atoms with Crippen LogP contribution in [0.25, 0.3) is 0 Å². The summed E-state index contributed by atoms with van der Waals surface area (Å²) in [6.07, 6.45) is 4.08. The van der Waals surface area contributed by atoms with Crippen molar-refractivity contribution in [1.82, 2.24) is 4.90 Å². The second kappa shape index (κ2) is 6.24. The van der Waals surface area contributed by atoms with Gasteiger partial charge in [0.05, 0.1) is 0 Å². The van der Waals surface area contributed by atoms with Crippen LogP contribution >= 0.6 is 0 Å². The molecule has 2 atom stereocenters. The molecular weight excluding hydrogens is 202 g/mol. The summed E-state index contributed by atoms with van der Waals surface area (Å²) >= 11 is 0. The van der Waals surface area contributed by atoms with Gasteiger partial charge in [-0.2, -0.15) is 0 Å². The summed E-state index contributed by atoms with van der Waals surface area (Å²) in [6, 6.07) is 0.271. The van der Waals surface area contributed by atoms with Crippen LogP contribution < -0.4 is 0 Å². The minimum absolute atomic E-state index is 0.0966. The smallest absolute Gasteiger partial charge is 0.225 e. The van der Waals surface area contributed by atoms with Gasteiger partial charge in [-0.05, 0) is 31.6 Å². The summed E-state index contributed by atoms with van der Waals surface area (Å²) < 4.78 is 0. The molecule has 94 valence electrons. The van der Waals surface area contributed by atoms with Gasteiger partial charge >= 0.3 is 0 Å². The highest BCUT2D eigenvalue weighted by molar-refractivity contribution is 5.79. The van der Waals surface area contributed by atoms with Gasteiger partial charge in [-0.1, -0.05) is 20.8 Å². The van der Waals surface area contributed by atoms with Gasteiger partial charge in [0.2, 0.25) is 5.91 Å². The van der Waals surface area contributed by atoms with E-state index < -0.39 is 0 Å². The molecule has 0 aromatic carbocycles. The van der Waals surface area contributed by atoms with Gasteiger partial charge in [0.1, 0.15) is 0 Å². The van der Waals surface area contributed by atoms with E-state index >= 15 is 0 Å². The predicted octanol–water partition coefficient (Wildman–Crippen LogP) is 2.04. The van der Waals surface area contributed by atoms with Gasteiger partial charge in [-0.25, -0.2) is 0 Å². The lowest BCUT2D eigenvalue weighted by molar-refractivity contribution is -0.140. The van der Waals surface area contributed by atoms with Crippen LogP contribution in [-0.2, 0) is 4.79 Å². The molecule has 0 aliphatic carbocycles. The summed E-state index contributed by atoms with van der Waals surface area (Å²) in [5, 5.41) is 9.03. The van der Waals surface area contributed by atoms with E-state index in [9.17, 15) is 4.79 Å². The molecule has 0 radical (unpaired) electrons. The van der Waals surface area contributed by atoms with E-state index in [1.165, 1.54) is 6.42 Å². The fourth-order valence-corrected chi connectivity index (χ4v) is 2.29. The van der Waals surface area contributed by atoms with E-state index in [2.05, 4.69) is 13.8 Å². The van der Waals surface area contributed by atoms with Gasteiger partial charge in [0.25, 0.3) is 0 Å². The second-order valence-corrected chi connectivity index (χ2v) is 5.23. The molecule has 1 heterocycles. The largest absolute Gasteiger partial charge is 0.396 e. The SMILES string of the molecule is CC(C)C(C)C(=O)N1CCCCC1CCO. The first kappa shape index (κ1) is 13.5. The first-order valence-corrected chi connectivity index (χ1v) is 6.49. The lowest BCUT2D eigenvalue weighted by atomic mass is 9.92. The number of carbonyl (C=O) groups excluding carboxylic acids is 1. The third kappa shape index (κ3) is 3.21. The maximum absolute atomic E-state index is 12.3. The first-order chi connectivity index (χ1) is 7.57. The van der Waals surface area contributed by atoms with Crippen LogP contribution in [-0.4, -0.2) is 35.1 Å². The Hall–Kier alpha value is -0.570. The molecule has 0 aromatic rings. The zero-order valence-corrected chi connectivity index (χ0v) is 10.8. The second-order valence-electron chi connectivity index (χ2n) is 5.23. The van der Waals surface area contributed by atoms with E-state index in [4.69, 9.17) is 5.11 Å². The summed E-state index contributed by atoms with van der Waals surface area (Å²) in [7, 11) is 0. The van der Waals surface area contributed by atoms with Crippen molar-refractivity contribution >= 4 is 5.91 Å². The molecule has 1 fully saturated rings. The standard InChI is InChI=1S/C13H25NO2/c1-10(2)11(3)13(16)14-8-5-4-6-12(14)7-9-15/h10-12,15H,4-9H2,1-3H3. The summed E-state index contributed by atoms with van der Waals surface area (Å²) in [5.41, 5.74) is 0. The quantitative estimate of drug-likeness (QED) is 0.798. The molecule has 0 spiro atoms. The van der Waals surface area contributed by atoms with Gasteiger partial charge in [-0.3, -0.25) is 4.79 Å². The van der Waals surface area contributed by atoms with Crippen LogP contribution in [0, 0.1) is 11.8 Å². The van der Waals surface area contributed by atoms with Crippen molar-refractivity contribution in [2.45, 2.75) is 52.5 Å². The van der Waals surface area contributed by atoms with E-state index in [0.29, 0.717) is 5.92 Å². The summed E-state index contributed by atoms with van der Waals surface area (Å²) in [6.45, 7) is 7.25. The predicted molar refractivity (Wildman–Crippen MR) is 65.1 cm³/mol. The molecule has 1 aliphatic heterocycles. The number of rotatable bonds is 4. The van der Waals surface area contributed by atoms with Crippen LogP contribution in [0.4, 0.5) is 0 Å². The molecule has 16 heavy (non-hydrogen) atoms. The summed E-state index contributed by atoms with van der Waals surface area (Å²) in [5.74, 6) is 0.761. The highest BCUT2D eigenvalue weighted by Crippen LogP contribution is 2.23. The highest BCUT2D eigenvalue weighted by Gasteiger charge is 2.30. The minimum Gasteiger partial charge on any atom is -0.396 e. The molecule has 1 saturated heterocycles. The third-order valence-electron chi connectivity index (χ3n) is 3.76. The van der Waals surface area contributed by atoms with Gasteiger partial charge in [0, 0.05) is 25.1 Å². The van der Waals surface area contributed by atoms with E-state index in [-0.39, 0.29) is 24.5 Å². The number of aliphatic hydroxyl groups excluding tert-OH is 1. The molecule has 1 rings (SSSR count). The monoisotopic (exact) mass is 227 g/mol. The maximum atomic E-state index is 12.3. The van der Waals surface area contributed by atoms with Crippen LogP contribution in [0.1, 0.15) is 46.5 Å². The van der Waals surface area contributed by atoms with Crippen molar-refractivity contribution in [3.8, 4) is 0 Å². The Morgan fingerprint density at radius 3 is 2.62 bits per heavy atom. The molecule has 1 N–H and O–H groups in total. The molecule has 3 nitrogen and oxygen atoms in total. The molecule has 2 unspecified atom stereocenters. The zero-order valence-electron chi connectivity index (χ0n) is 10.8. The molecule has 1 amide bonds.